The number of rotatable bonds is 1. The zero-order valence-corrected chi connectivity index (χ0v) is 4.89. The maximum absolute atomic E-state index is 4.14. The van der Waals surface area contributed by atoms with Crippen LogP contribution >= 0.6 is 0 Å². The van der Waals surface area contributed by atoms with E-state index in [2.05, 4.69) is 16.5 Å². The highest BCUT2D eigenvalue weighted by molar-refractivity contribution is 5.16. The fraction of sp³-hybridized carbons (Fsp3) is 0.500. The van der Waals surface area contributed by atoms with Crippen molar-refractivity contribution in [3.8, 4) is 0 Å². The highest BCUT2D eigenvalue weighted by atomic mass is 15.2. The molecular weight excluding hydrogens is 100 g/mol. The number of hydrogen-bond donors (Lipinski definition) is 0. The SMILES string of the molecule is CCc1cnc2n1C2. The highest BCUT2D eigenvalue weighted by Crippen LogP contribution is 2.18. The molecule has 42 valence electrons. The number of imidazole rings is 1. The molecule has 0 N–H and O–H groups in total. The lowest BCUT2D eigenvalue weighted by Gasteiger charge is -1.85. The van der Waals surface area contributed by atoms with Crippen LogP contribution in [0.1, 0.15) is 18.4 Å². The molecule has 0 fully saturated rings. The quantitative estimate of drug-likeness (QED) is 0.528. The molecule has 2 heteroatoms. The second-order valence-electron chi connectivity index (χ2n) is 2.11. The monoisotopic (exact) mass is 108 g/mol. The summed E-state index contributed by atoms with van der Waals surface area (Å²) >= 11 is 0. The van der Waals surface area contributed by atoms with Crippen LogP contribution in [0.3, 0.4) is 0 Å². The van der Waals surface area contributed by atoms with Crippen LogP contribution in [0.15, 0.2) is 6.20 Å². The Balaban J connectivity index is 2.48. The van der Waals surface area contributed by atoms with Gasteiger partial charge < -0.3 is 4.57 Å². The van der Waals surface area contributed by atoms with Gasteiger partial charge in [-0.05, 0) is 6.42 Å². The Labute approximate surface area is 48.2 Å². The second kappa shape index (κ2) is 1.13. The van der Waals surface area contributed by atoms with E-state index in [-0.39, 0.29) is 0 Å². The van der Waals surface area contributed by atoms with Crippen LogP contribution in [0, 0.1) is 0 Å². The normalized spacial score (nSPS) is 13.6. The minimum absolute atomic E-state index is 1.10. The van der Waals surface area contributed by atoms with Crippen molar-refractivity contribution in [3.05, 3.63) is 17.7 Å². The van der Waals surface area contributed by atoms with Gasteiger partial charge in [0.2, 0.25) is 0 Å². The first kappa shape index (κ1) is 4.13. The fourth-order valence-electron chi connectivity index (χ4n) is 0.985. The molecule has 0 aliphatic carbocycles. The number of nitrogens with zero attached hydrogens (tertiary/aromatic N) is 2. The van der Waals surface area contributed by atoms with E-state index < -0.39 is 0 Å². The smallest absolute Gasteiger partial charge is 0.129 e. The van der Waals surface area contributed by atoms with E-state index >= 15 is 0 Å². The first-order valence-electron chi connectivity index (χ1n) is 2.95. The molecule has 0 bridgehead atoms. The largest absolute Gasteiger partial charge is 0.323 e. The van der Waals surface area contributed by atoms with Crippen molar-refractivity contribution in [2.75, 3.05) is 0 Å². The van der Waals surface area contributed by atoms with Crippen LogP contribution in [0.4, 0.5) is 0 Å². The van der Waals surface area contributed by atoms with Crippen LogP contribution in [0.25, 0.3) is 0 Å². The van der Waals surface area contributed by atoms with Gasteiger partial charge in [-0.15, -0.1) is 0 Å². The van der Waals surface area contributed by atoms with Crippen LogP contribution in [0.5, 0.6) is 0 Å². The van der Waals surface area contributed by atoms with E-state index in [0.29, 0.717) is 0 Å². The summed E-state index contributed by atoms with van der Waals surface area (Å²) in [6.45, 7) is 3.25. The predicted octanol–water partition coefficient (Wildman–Crippen LogP) is 0.807. The molecular formula is C6H8N2. The summed E-state index contributed by atoms with van der Waals surface area (Å²) in [7, 11) is 0. The standard InChI is InChI=1S/C6H8N2/c1-2-5-3-7-6-4-8(5)6/h3H,2,4H2,1H3. The number of fused-ring (bicyclic) bond motifs is 1. The summed E-state index contributed by atoms with van der Waals surface area (Å²) in [4.78, 5) is 4.14. The van der Waals surface area contributed by atoms with Crippen molar-refractivity contribution in [2.24, 2.45) is 0 Å². The average Bonchev–Trinajstić information content (AvgIpc) is 2.46. The molecule has 0 spiro atoms. The Morgan fingerprint density at radius 2 is 2.75 bits per heavy atom. The van der Waals surface area contributed by atoms with Crippen molar-refractivity contribution < 1.29 is 0 Å². The molecule has 2 rings (SSSR count). The number of aryl methyl sites for hydroxylation is 1. The van der Waals surface area contributed by atoms with Crippen molar-refractivity contribution >= 4 is 0 Å². The minimum atomic E-state index is 1.10. The minimum Gasteiger partial charge on any atom is -0.323 e. The Morgan fingerprint density at radius 3 is 3.00 bits per heavy atom. The van der Waals surface area contributed by atoms with Gasteiger partial charge in [0.1, 0.15) is 5.82 Å². The molecule has 0 unspecified atom stereocenters. The van der Waals surface area contributed by atoms with Gasteiger partial charge in [0.25, 0.3) is 0 Å². The maximum Gasteiger partial charge on any atom is 0.129 e. The second-order valence-corrected chi connectivity index (χ2v) is 2.11. The summed E-state index contributed by atoms with van der Waals surface area (Å²) in [5.74, 6) is 1.25. The maximum atomic E-state index is 4.14. The van der Waals surface area contributed by atoms with Gasteiger partial charge >= 0.3 is 0 Å². The molecule has 0 saturated heterocycles. The molecule has 1 aromatic heterocycles. The van der Waals surface area contributed by atoms with Gasteiger partial charge in [-0.3, -0.25) is 0 Å². The van der Waals surface area contributed by atoms with E-state index in [0.717, 1.165) is 13.0 Å². The third-order valence-corrected chi connectivity index (χ3v) is 1.58. The molecule has 0 atom stereocenters. The van der Waals surface area contributed by atoms with Crippen molar-refractivity contribution in [3.63, 3.8) is 0 Å². The zero-order chi connectivity index (χ0) is 5.56. The Bertz CT molecular complexity index is 212. The zero-order valence-electron chi connectivity index (χ0n) is 4.89. The van der Waals surface area contributed by atoms with E-state index in [1.807, 2.05) is 6.20 Å². The summed E-state index contributed by atoms with van der Waals surface area (Å²) in [6, 6.07) is 0. The summed E-state index contributed by atoms with van der Waals surface area (Å²) in [5, 5.41) is 0. The van der Waals surface area contributed by atoms with Gasteiger partial charge in [-0.1, -0.05) is 6.92 Å². The van der Waals surface area contributed by atoms with Crippen LogP contribution in [-0.2, 0) is 13.0 Å². The Hall–Kier alpha value is -0.790. The van der Waals surface area contributed by atoms with E-state index in [9.17, 15) is 0 Å². The Kier molecular flexibility index (Phi) is 0.583. The van der Waals surface area contributed by atoms with Crippen molar-refractivity contribution in [1.82, 2.24) is 9.55 Å². The van der Waals surface area contributed by atoms with Crippen LogP contribution in [-0.4, -0.2) is 9.55 Å². The summed E-state index contributed by atoms with van der Waals surface area (Å²) < 4.78 is 2.24. The molecule has 1 aliphatic heterocycles. The summed E-state index contributed by atoms with van der Waals surface area (Å²) in [5.41, 5.74) is 1.38. The van der Waals surface area contributed by atoms with Gasteiger partial charge in [0.05, 0.1) is 6.54 Å². The molecule has 2 nitrogen and oxygen atoms in total. The average molecular weight is 108 g/mol. The molecule has 0 aromatic carbocycles. The first-order valence-corrected chi connectivity index (χ1v) is 2.95. The lowest BCUT2D eigenvalue weighted by Crippen LogP contribution is -1.82. The van der Waals surface area contributed by atoms with Crippen LogP contribution < -0.4 is 0 Å². The third-order valence-electron chi connectivity index (χ3n) is 1.58. The predicted molar refractivity (Wildman–Crippen MR) is 30.7 cm³/mol. The third kappa shape index (κ3) is 0.351. The summed E-state index contributed by atoms with van der Waals surface area (Å²) in [6.07, 6.45) is 3.08. The first-order chi connectivity index (χ1) is 3.92. The highest BCUT2D eigenvalue weighted by Gasteiger charge is 2.19. The number of aromatic nitrogens is 2. The topological polar surface area (TPSA) is 17.8 Å². The van der Waals surface area contributed by atoms with Crippen LogP contribution in [0.2, 0.25) is 0 Å². The van der Waals surface area contributed by atoms with Crippen molar-refractivity contribution in [1.29, 1.82) is 0 Å². The van der Waals surface area contributed by atoms with Gasteiger partial charge in [-0.2, -0.15) is 0 Å². The van der Waals surface area contributed by atoms with Gasteiger partial charge in [0.15, 0.2) is 0 Å². The molecule has 2 heterocycles. The van der Waals surface area contributed by atoms with E-state index in [1.54, 1.807) is 0 Å². The lowest BCUT2D eigenvalue weighted by molar-refractivity contribution is 0.946. The molecule has 1 aromatic rings. The van der Waals surface area contributed by atoms with Crippen molar-refractivity contribution in [2.45, 2.75) is 19.9 Å². The Morgan fingerprint density at radius 1 is 1.88 bits per heavy atom. The molecule has 0 saturated carbocycles. The van der Waals surface area contributed by atoms with Gasteiger partial charge in [0, 0.05) is 11.9 Å². The fourth-order valence-corrected chi connectivity index (χ4v) is 0.985. The molecule has 1 aliphatic rings. The number of hydrogen-bond acceptors (Lipinski definition) is 1. The van der Waals surface area contributed by atoms with E-state index in [4.69, 9.17) is 0 Å². The molecule has 8 heavy (non-hydrogen) atoms. The van der Waals surface area contributed by atoms with Gasteiger partial charge in [-0.25, -0.2) is 4.98 Å². The molecule has 0 amide bonds. The lowest BCUT2D eigenvalue weighted by atomic mass is 10.4. The molecule has 0 radical (unpaired) electrons. The van der Waals surface area contributed by atoms with E-state index in [1.165, 1.54) is 11.5 Å².